The lowest BCUT2D eigenvalue weighted by Gasteiger charge is -2.16. The molecule has 1 heterocycles. The monoisotopic (exact) mass is 343 g/mol. The van der Waals surface area contributed by atoms with Crippen LogP contribution >= 0.6 is 0 Å². The van der Waals surface area contributed by atoms with E-state index in [1.807, 2.05) is 6.92 Å². The first-order valence-electron chi connectivity index (χ1n) is 7.91. The normalized spacial score (nSPS) is 10.2. The average Bonchev–Trinajstić information content (AvgIpc) is 2.59. The number of pyridine rings is 1. The van der Waals surface area contributed by atoms with Gasteiger partial charge in [-0.05, 0) is 39.0 Å². The predicted molar refractivity (Wildman–Crippen MR) is 92.4 cm³/mol. The van der Waals surface area contributed by atoms with E-state index in [1.54, 1.807) is 38.1 Å². The van der Waals surface area contributed by atoms with Crippen molar-refractivity contribution in [3.05, 3.63) is 52.3 Å². The van der Waals surface area contributed by atoms with Gasteiger partial charge in [-0.25, -0.2) is 4.79 Å². The number of ether oxygens (including phenoxy) is 3. The summed E-state index contributed by atoms with van der Waals surface area (Å²) >= 11 is 0. The van der Waals surface area contributed by atoms with Crippen LogP contribution in [-0.2, 0) is 11.3 Å². The van der Waals surface area contributed by atoms with Gasteiger partial charge in [-0.3, -0.25) is 9.78 Å². The fourth-order valence-electron chi connectivity index (χ4n) is 2.60. The molecular weight excluding hydrogens is 322 g/mol. The molecule has 0 N–H and O–H groups in total. The fourth-order valence-corrected chi connectivity index (χ4v) is 2.60. The van der Waals surface area contributed by atoms with Crippen LogP contribution in [0.15, 0.2) is 24.3 Å². The van der Waals surface area contributed by atoms with Crippen LogP contribution in [0.1, 0.15) is 44.6 Å². The maximum Gasteiger partial charge on any atom is 0.340 e. The maximum absolute atomic E-state index is 12.3. The van der Waals surface area contributed by atoms with E-state index in [9.17, 15) is 9.59 Å². The van der Waals surface area contributed by atoms with E-state index in [0.29, 0.717) is 40.2 Å². The van der Waals surface area contributed by atoms with Crippen molar-refractivity contribution in [1.29, 1.82) is 0 Å². The minimum Gasteiger partial charge on any atom is -0.493 e. The van der Waals surface area contributed by atoms with E-state index >= 15 is 0 Å². The van der Waals surface area contributed by atoms with Gasteiger partial charge in [0.1, 0.15) is 6.61 Å². The third-order valence-corrected chi connectivity index (χ3v) is 3.62. The van der Waals surface area contributed by atoms with Crippen LogP contribution < -0.4 is 9.47 Å². The molecule has 0 bridgehead atoms. The maximum atomic E-state index is 12.3. The number of aromatic nitrogens is 1. The third kappa shape index (κ3) is 4.15. The summed E-state index contributed by atoms with van der Waals surface area (Å²) in [6.07, 6.45) is 0.702. The number of nitrogens with zero attached hydrogens (tertiary/aromatic N) is 1. The van der Waals surface area contributed by atoms with E-state index in [4.69, 9.17) is 14.2 Å². The second kappa shape index (κ2) is 8.28. The summed E-state index contributed by atoms with van der Waals surface area (Å²) in [6, 6.07) is 6.83. The highest BCUT2D eigenvalue weighted by atomic mass is 16.5. The molecule has 0 aliphatic heterocycles. The predicted octanol–water partition coefficient (Wildman–Crippen LogP) is 3.28. The van der Waals surface area contributed by atoms with Crippen LogP contribution in [0.25, 0.3) is 0 Å². The van der Waals surface area contributed by atoms with Crippen molar-refractivity contribution in [1.82, 2.24) is 4.98 Å². The van der Waals surface area contributed by atoms with Gasteiger partial charge in [-0.2, -0.15) is 0 Å². The number of methoxy groups -OCH3 is 1. The number of carbonyl (C=O) groups excluding carboxylic acids is 2. The van der Waals surface area contributed by atoms with Gasteiger partial charge in [-0.15, -0.1) is 0 Å². The molecule has 25 heavy (non-hydrogen) atoms. The van der Waals surface area contributed by atoms with E-state index in [-0.39, 0.29) is 13.2 Å². The Kier molecular flexibility index (Phi) is 6.11. The molecule has 0 saturated carbocycles. The van der Waals surface area contributed by atoms with E-state index in [1.165, 1.54) is 7.11 Å². The summed E-state index contributed by atoms with van der Waals surface area (Å²) in [5.74, 6) is 0.341. The van der Waals surface area contributed by atoms with Gasteiger partial charge in [0, 0.05) is 11.3 Å². The van der Waals surface area contributed by atoms with Crippen molar-refractivity contribution in [2.24, 2.45) is 0 Å². The molecular formula is C19H21NO5. The third-order valence-electron chi connectivity index (χ3n) is 3.62. The first-order valence-corrected chi connectivity index (χ1v) is 7.91. The second-order valence-corrected chi connectivity index (χ2v) is 5.39. The summed E-state index contributed by atoms with van der Waals surface area (Å²) in [7, 11) is 1.50. The molecule has 0 amide bonds. The number of hydrogen-bond acceptors (Lipinski definition) is 6. The highest BCUT2D eigenvalue weighted by molar-refractivity contribution is 5.92. The summed E-state index contributed by atoms with van der Waals surface area (Å²) in [6.45, 7) is 5.69. The highest BCUT2D eigenvalue weighted by Gasteiger charge is 2.19. The van der Waals surface area contributed by atoms with E-state index in [0.717, 1.165) is 5.69 Å². The highest BCUT2D eigenvalue weighted by Crippen LogP contribution is 2.31. The smallest absolute Gasteiger partial charge is 0.340 e. The van der Waals surface area contributed by atoms with Gasteiger partial charge in [-0.1, -0.05) is 6.07 Å². The van der Waals surface area contributed by atoms with Crippen molar-refractivity contribution in [2.45, 2.75) is 27.4 Å². The molecule has 1 aromatic heterocycles. The quantitative estimate of drug-likeness (QED) is 0.567. The SMILES string of the molecule is CCOC(=O)c1c(COc2c(C=O)cccc2OC)cc(C)nc1C. The van der Waals surface area contributed by atoms with Crippen molar-refractivity contribution in [3.63, 3.8) is 0 Å². The molecule has 0 aliphatic carbocycles. The Balaban J connectivity index is 2.39. The van der Waals surface area contributed by atoms with Crippen molar-refractivity contribution < 1.29 is 23.8 Å². The molecule has 6 nitrogen and oxygen atoms in total. The van der Waals surface area contributed by atoms with Crippen LogP contribution in [-0.4, -0.2) is 31.0 Å². The molecule has 2 rings (SSSR count). The summed E-state index contributed by atoms with van der Waals surface area (Å²) < 4.78 is 16.2. The number of hydrogen-bond donors (Lipinski definition) is 0. The Morgan fingerprint density at radius 2 is 2.04 bits per heavy atom. The molecule has 6 heteroatoms. The molecule has 1 aromatic carbocycles. The molecule has 0 radical (unpaired) electrons. The Labute approximate surface area is 146 Å². The van der Waals surface area contributed by atoms with Gasteiger partial charge in [0.2, 0.25) is 0 Å². The van der Waals surface area contributed by atoms with Crippen LogP contribution in [0, 0.1) is 13.8 Å². The molecule has 0 atom stereocenters. The Bertz CT molecular complexity index is 786. The molecule has 0 spiro atoms. The number of benzene rings is 1. The number of aldehydes is 1. The number of rotatable bonds is 7. The van der Waals surface area contributed by atoms with Gasteiger partial charge >= 0.3 is 5.97 Å². The average molecular weight is 343 g/mol. The van der Waals surface area contributed by atoms with Crippen LogP contribution in [0.2, 0.25) is 0 Å². The number of aryl methyl sites for hydroxylation is 2. The van der Waals surface area contributed by atoms with Crippen molar-refractivity contribution in [3.8, 4) is 11.5 Å². The summed E-state index contributed by atoms with van der Waals surface area (Å²) in [4.78, 5) is 27.8. The van der Waals surface area contributed by atoms with Gasteiger partial charge in [0.05, 0.1) is 30.5 Å². The molecule has 0 aliphatic rings. The van der Waals surface area contributed by atoms with Crippen LogP contribution in [0.3, 0.4) is 0 Å². The number of carbonyl (C=O) groups is 2. The lowest BCUT2D eigenvalue weighted by Crippen LogP contribution is -2.14. The largest absolute Gasteiger partial charge is 0.493 e. The van der Waals surface area contributed by atoms with E-state index in [2.05, 4.69) is 4.98 Å². The molecule has 0 unspecified atom stereocenters. The second-order valence-electron chi connectivity index (χ2n) is 5.39. The Morgan fingerprint density at radius 3 is 2.68 bits per heavy atom. The number of para-hydroxylation sites is 1. The molecule has 132 valence electrons. The minimum atomic E-state index is -0.443. The van der Waals surface area contributed by atoms with Crippen LogP contribution in [0.4, 0.5) is 0 Å². The van der Waals surface area contributed by atoms with Crippen LogP contribution in [0.5, 0.6) is 11.5 Å². The first kappa shape index (κ1) is 18.4. The summed E-state index contributed by atoms with van der Waals surface area (Å²) in [5, 5.41) is 0. The Morgan fingerprint density at radius 1 is 1.28 bits per heavy atom. The Hall–Kier alpha value is -2.89. The van der Waals surface area contributed by atoms with Gasteiger partial charge < -0.3 is 14.2 Å². The minimum absolute atomic E-state index is 0.0829. The molecule has 2 aromatic rings. The fraction of sp³-hybridized carbons (Fsp3) is 0.316. The zero-order valence-corrected chi connectivity index (χ0v) is 14.8. The van der Waals surface area contributed by atoms with Crippen molar-refractivity contribution >= 4 is 12.3 Å². The van der Waals surface area contributed by atoms with Gasteiger partial charge in [0.25, 0.3) is 0 Å². The zero-order valence-electron chi connectivity index (χ0n) is 14.8. The first-order chi connectivity index (χ1) is 12.0. The lowest BCUT2D eigenvalue weighted by molar-refractivity contribution is 0.0521. The lowest BCUT2D eigenvalue weighted by atomic mass is 10.1. The van der Waals surface area contributed by atoms with Crippen molar-refractivity contribution in [2.75, 3.05) is 13.7 Å². The van der Waals surface area contributed by atoms with Gasteiger partial charge in [0.15, 0.2) is 17.8 Å². The molecule has 0 saturated heterocycles. The number of esters is 1. The summed E-state index contributed by atoms with van der Waals surface area (Å²) in [5.41, 5.74) is 2.74. The van der Waals surface area contributed by atoms with E-state index < -0.39 is 5.97 Å². The standard InChI is InChI=1S/C19H21NO5/c1-5-24-19(22)17-13(3)20-12(2)9-15(17)11-25-18-14(10-21)7-6-8-16(18)23-4/h6-10H,5,11H2,1-4H3. The topological polar surface area (TPSA) is 74.7 Å². The molecule has 0 fully saturated rings. The zero-order chi connectivity index (χ0) is 18.4.